The normalized spacial score (nSPS) is 28.2. The predicted octanol–water partition coefficient (Wildman–Crippen LogP) is 5.61. The van der Waals surface area contributed by atoms with E-state index in [4.69, 9.17) is 0 Å². The Morgan fingerprint density at radius 2 is 2.03 bits per heavy atom. The Labute approximate surface area is 176 Å². The van der Waals surface area contributed by atoms with Crippen molar-refractivity contribution in [3.05, 3.63) is 41.6 Å². The average Bonchev–Trinajstić information content (AvgIpc) is 2.72. The van der Waals surface area contributed by atoms with Crippen LogP contribution in [0, 0.1) is 23.2 Å². The molecule has 3 saturated heterocycles. The molecule has 158 valence electrons. The predicted molar refractivity (Wildman–Crippen MR) is 121 cm³/mol. The van der Waals surface area contributed by atoms with Gasteiger partial charge in [-0.25, -0.2) is 0 Å². The standard InChI is InChI=1S/C26H38N2O/c1-6-19-16-28-12-10-20(19)14-24(28)25(29)21-9-11-27-23-8-7-18(13-22(21)23)15-26(4,5)17(2)3/h7-9,11,13,17,19-20,24-25,29H,6,10,12,14-16H2,1-5H3/t19-,20-,24-,25+/m0/s1. The first kappa shape index (κ1) is 20.8. The second-order valence-corrected chi connectivity index (χ2v) is 10.5. The third-order valence-electron chi connectivity index (χ3n) is 8.21. The van der Waals surface area contributed by atoms with E-state index in [0.717, 1.165) is 54.2 Å². The Morgan fingerprint density at radius 1 is 1.24 bits per heavy atom. The minimum atomic E-state index is -0.436. The van der Waals surface area contributed by atoms with E-state index in [-0.39, 0.29) is 11.5 Å². The van der Waals surface area contributed by atoms with Gasteiger partial charge >= 0.3 is 0 Å². The summed E-state index contributed by atoms with van der Waals surface area (Å²) >= 11 is 0. The quantitative estimate of drug-likeness (QED) is 0.691. The van der Waals surface area contributed by atoms with E-state index >= 15 is 0 Å². The van der Waals surface area contributed by atoms with Gasteiger partial charge in [-0.15, -0.1) is 0 Å². The summed E-state index contributed by atoms with van der Waals surface area (Å²) in [6, 6.07) is 8.94. The molecule has 29 heavy (non-hydrogen) atoms. The summed E-state index contributed by atoms with van der Waals surface area (Å²) in [6.07, 6.45) is 6.16. The lowest BCUT2D eigenvalue weighted by atomic mass is 9.72. The summed E-state index contributed by atoms with van der Waals surface area (Å²) in [4.78, 5) is 7.14. The van der Waals surface area contributed by atoms with Crippen LogP contribution in [-0.4, -0.2) is 34.1 Å². The van der Waals surface area contributed by atoms with Gasteiger partial charge in [0.05, 0.1) is 11.6 Å². The number of aliphatic hydroxyl groups excluding tert-OH is 1. The summed E-state index contributed by atoms with van der Waals surface area (Å²) in [5.74, 6) is 2.21. The fourth-order valence-electron chi connectivity index (χ4n) is 5.49. The van der Waals surface area contributed by atoms with Crippen LogP contribution in [0.1, 0.15) is 71.1 Å². The molecule has 0 spiro atoms. The summed E-state index contributed by atoms with van der Waals surface area (Å²) in [5, 5.41) is 12.6. The van der Waals surface area contributed by atoms with Crippen molar-refractivity contribution in [2.45, 2.75) is 72.4 Å². The Balaban J connectivity index is 1.64. The number of nitrogens with zero attached hydrogens (tertiary/aromatic N) is 2. The van der Waals surface area contributed by atoms with Crippen molar-refractivity contribution < 1.29 is 5.11 Å². The maximum atomic E-state index is 11.5. The van der Waals surface area contributed by atoms with E-state index in [1.807, 2.05) is 12.3 Å². The van der Waals surface area contributed by atoms with Gasteiger partial charge in [-0.2, -0.15) is 0 Å². The fourth-order valence-corrected chi connectivity index (χ4v) is 5.49. The van der Waals surface area contributed by atoms with Gasteiger partial charge in [0.15, 0.2) is 0 Å². The van der Waals surface area contributed by atoms with Gasteiger partial charge in [0.1, 0.15) is 0 Å². The van der Waals surface area contributed by atoms with Crippen molar-refractivity contribution in [2.24, 2.45) is 23.2 Å². The molecule has 1 aromatic heterocycles. The number of benzene rings is 1. The molecule has 1 aromatic carbocycles. The third kappa shape index (κ3) is 3.96. The van der Waals surface area contributed by atoms with Gasteiger partial charge in [0, 0.05) is 24.2 Å². The first-order valence-electron chi connectivity index (χ1n) is 11.6. The molecule has 3 aliphatic heterocycles. The first-order valence-corrected chi connectivity index (χ1v) is 11.6. The highest BCUT2D eigenvalue weighted by atomic mass is 16.3. The number of hydrogen-bond acceptors (Lipinski definition) is 3. The van der Waals surface area contributed by atoms with Crippen LogP contribution in [0.5, 0.6) is 0 Å². The Hall–Kier alpha value is -1.45. The van der Waals surface area contributed by atoms with Gasteiger partial charge in [0.2, 0.25) is 0 Å². The van der Waals surface area contributed by atoms with Gasteiger partial charge in [-0.1, -0.05) is 47.1 Å². The van der Waals surface area contributed by atoms with Gasteiger partial charge in [-0.05, 0) is 78.3 Å². The third-order valence-corrected chi connectivity index (χ3v) is 8.21. The minimum Gasteiger partial charge on any atom is -0.387 e. The highest BCUT2D eigenvalue weighted by Crippen LogP contribution is 2.42. The number of aromatic nitrogens is 1. The molecule has 0 aliphatic carbocycles. The molecule has 4 heterocycles. The molecule has 1 unspecified atom stereocenters. The molecule has 0 saturated carbocycles. The lowest BCUT2D eigenvalue weighted by molar-refractivity contribution is -0.0562. The van der Waals surface area contributed by atoms with Crippen LogP contribution in [-0.2, 0) is 6.42 Å². The topological polar surface area (TPSA) is 36.4 Å². The second-order valence-electron chi connectivity index (χ2n) is 10.5. The molecule has 3 heteroatoms. The highest BCUT2D eigenvalue weighted by molar-refractivity contribution is 5.83. The van der Waals surface area contributed by atoms with Crippen LogP contribution >= 0.6 is 0 Å². The van der Waals surface area contributed by atoms with Crippen LogP contribution in [0.2, 0.25) is 0 Å². The maximum Gasteiger partial charge on any atom is 0.0952 e. The Bertz CT molecular complexity index is 859. The minimum absolute atomic E-state index is 0.248. The van der Waals surface area contributed by atoms with Crippen molar-refractivity contribution >= 4 is 10.9 Å². The molecular formula is C26H38N2O. The zero-order valence-electron chi connectivity index (χ0n) is 18.9. The molecule has 3 aliphatic rings. The molecule has 3 fully saturated rings. The van der Waals surface area contributed by atoms with E-state index < -0.39 is 6.10 Å². The zero-order chi connectivity index (χ0) is 20.8. The maximum absolute atomic E-state index is 11.5. The molecule has 5 atom stereocenters. The summed E-state index contributed by atoms with van der Waals surface area (Å²) in [5.41, 5.74) is 3.65. The SMILES string of the molecule is CC[C@H]1CN2CC[C@H]1C[C@H]2[C@H](O)c1ccnc2ccc(CC(C)(C)C(C)C)cc12. The molecular weight excluding hydrogens is 356 g/mol. The van der Waals surface area contributed by atoms with Crippen LogP contribution in [0.25, 0.3) is 10.9 Å². The number of pyridine rings is 1. The van der Waals surface area contributed by atoms with Crippen molar-refractivity contribution in [2.75, 3.05) is 13.1 Å². The van der Waals surface area contributed by atoms with Crippen molar-refractivity contribution in [3.8, 4) is 0 Å². The molecule has 0 amide bonds. The van der Waals surface area contributed by atoms with E-state index in [0.29, 0.717) is 5.92 Å². The largest absolute Gasteiger partial charge is 0.387 e. The Morgan fingerprint density at radius 3 is 2.69 bits per heavy atom. The van der Waals surface area contributed by atoms with Crippen molar-refractivity contribution in [3.63, 3.8) is 0 Å². The van der Waals surface area contributed by atoms with Crippen LogP contribution in [0.15, 0.2) is 30.5 Å². The first-order chi connectivity index (χ1) is 13.8. The monoisotopic (exact) mass is 394 g/mol. The number of hydrogen-bond donors (Lipinski definition) is 1. The van der Waals surface area contributed by atoms with E-state index in [1.165, 1.54) is 18.4 Å². The lowest BCUT2D eigenvalue weighted by Gasteiger charge is -2.51. The van der Waals surface area contributed by atoms with E-state index in [2.05, 4.69) is 62.7 Å². The number of fused-ring (bicyclic) bond motifs is 4. The van der Waals surface area contributed by atoms with Crippen molar-refractivity contribution in [1.29, 1.82) is 0 Å². The van der Waals surface area contributed by atoms with Crippen LogP contribution in [0.4, 0.5) is 0 Å². The molecule has 2 bridgehead atoms. The average molecular weight is 395 g/mol. The van der Waals surface area contributed by atoms with Gasteiger partial charge < -0.3 is 5.11 Å². The summed E-state index contributed by atoms with van der Waals surface area (Å²) < 4.78 is 0. The van der Waals surface area contributed by atoms with Gasteiger partial charge in [0.25, 0.3) is 0 Å². The lowest BCUT2D eigenvalue weighted by Crippen LogP contribution is -2.55. The van der Waals surface area contributed by atoms with Crippen molar-refractivity contribution in [1.82, 2.24) is 9.88 Å². The van der Waals surface area contributed by atoms with E-state index in [1.54, 1.807) is 0 Å². The second kappa shape index (κ2) is 8.00. The molecule has 2 aromatic rings. The van der Waals surface area contributed by atoms with Gasteiger partial charge in [-0.3, -0.25) is 9.88 Å². The zero-order valence-corrected chi connectivity index (χ0v) is 18.9. The molecule has 0 radical (unpaired) electrons. The molecule has 1 N–H and O–H groups in total. The summed E-state index contributed by atoms with van der Waals surface area (Å²) in [6.45, 7) is 13.9. The molecule has 5 rings (SSSR count). The Kier molecular flexibility index (Phi) is 5.74. The molecule has 3 nitrogen and oxygen atoms in total. The number of aliphatic hydroxyl groups is 1. The highest BCUT2D eigenvalue weighted by Gasteiger charge is 2.42. The number of piperidine rings is 3. The van der Waals surface area contributed by atoms with Crippen LogP contribution in [0.3, 0.4) is 0 Å². The van der Waals surface area contributed by atoms with E-state index in [9.17, 15) is 5.11 Å². The van der Waals surface area contributed by atoms with Crippen LogP contribution < -0.4 is 0 Å². The number of rotatable bonds is 6. The fraction of sp³-hybridized carbons (Fsp3) is 0.654. The smallest absolute Gasteiger partial charge is 0.0952 e. The summed E-state index contributed by atoms with van der Waals surface area (Å²) in [7, 11) is 0.